The van der Waals surface area contributed by atoms with Crippen molar-refractivity contribution in [2.75, 3.05) is 25.0 Å². The van der Waals surface area contributed by atoms with Crippen LogP contribution in [0.15, 0.2) is 53.5 Å². The summed E-state index contributed by atoms with van der Waals surface area (Å²) in [5.41, 5.74) is 5.57. The predicted molar refractivity (Wildman–Crippen MR) is 112 cm³/mol. The summed E-state index contributed by atoms with van der Waals surface area (Å²) in [6.07, 6.45) is 3.93. The summed E-state index contributed by atoms with van der Waals surface area (Å²) in [7, 11) is 0. The number of aliphatic hydroxyl groups is 1. The van der Waals surface area contributed by atoms with Crippen LogP contribution in [0.1, 0.15) is 32.8 Å². The van der Waals surface area contributed by atoms with E-state index in [1.807, 2.05) is 24.3 Å². The quantitative estimate of drug-likeness (QED) is 0.425. The molecule has 0 aromatic heterocycles. The fourth-order valence-corrected chi connectivity index (χ4v) is 2.86. The molecule has 0 aliphatic heterocycles. The highest BCUT2D eigenvalue weighted by atomic mass is 35.5. The minimum atomic E-state index is -0.657. The first-order valence-corrected chi connectivity index (χ1v) is 10.3. The van der Waals surface area contributed by atoms with Crippen LogP contribution in [0, 0.1) is 5.92 Å². The number of ether oxygens (including phenoxy) is 2. The fourth-order valence-electron chi connectivity index (χ4n) is 2.68. The monoisotopic (exact) mass is 410 g/mol. The van der Waals surface area contributed by atoms with E-state index in [1.54, 1.807) is 0 Å². The van der Waals surface area contributed by atoms with Gasteiger partial charge >= 0.3 is 0 Å². The van der Waals surface area contributed by atoms with Crippen molar-refractivity contribution >= 4 is 23.2 Å². The molecular formula is C22H28Cl2O3. The number of hydrogen-bond acceptors (Lipinski definition) is 3. The summed E-state index contributed by atoms with van der Waals surface area (Å²) >= 11 is 11.4. The van der Waals surface area contributed by atoms with Crippen LogP contribution in [0.3, 0.4) is 0 Å². The van der Waals surface area contributed by atoms with E-state index in [4.69, 9.17) is 32.7 Å². The molecule has 0 spiro atoms. The van der Waals surface area contributed by atoms with E-state index in [-0.39, 0.29) is 17.9 Å². The van der Waals surface area contributed by atoms with Crippen molar-refractivity contribution in [2.24, 2.45) is 5.92 Å². The number of rotatable bonds is 10. The van der Waals surface area contributed by atoms with Crippen LogP contribution in [0.2, 0.25) is 0 Å². The van der Waals surface area contributed by atoms with Crippen molar-refractivity contribution < 1.29 is 14.6 Å². The Balaban J connectivity index is 2.02. The van der Waals surface area contributed by atoms with Crippen LogP contribution < -0.4 is 4.74 Å². The van der Waals surface area contributed by atoms with Crippen molar-refractivity contribution in [1.82, 2.24) is 0 Å². The van der Waals surface area contributed by atoms with E-state index in [9.17, 15) is 5.11 Å². The molecule has 2 atom stereocenters. The summed E-state index contributed by atoms with van der Waals surface area (Å²) in [5.74, 6) is 2.66. The third kappa shape index (κ3) is 6.33. The highest BCUT2D eigenvalue weighted by Gasteiger charge is 2.26. The maximum atomic E-state index is 9.48. The zero-order chi connectivity index (χ0) is 19.9. The number of halogens is 2. The molecule has 1 aromatic carbocycles. The van der Waals surface area contributed by atoms with E-state index in [0.717, 1.165) is 17.9 Å². The van der Waals surface area contributed by atoms with Crippen LogP contribution in [0.25, 0.3) is 0 Å². The van der Waals surface area contributed by atoms with Gasteiger partial charge in [-0.1, -0.05) is 32.9 Å². The Morgan fingerprint density at radius 1 is 1.11 bits per heavy atom. The van der Waals surface area contributed by atoms with Gasteiger partial charge in [0.05, 0.1) is 12.5 Å². The average Bonchev–Trinajstić information content (AvgIpc) is 2.70. The molecular weight excluding hydrogens is 383 g/mol. The fraction of sp³-hybridized carbons (Fsp3) is 0.500. The molecule has 0 bridgehead atoms. The van der Waals surface area contributed by atoms with Crippen molar-refractivity contribution in [2.45, 2.75) is 38.7 Å². The molecule has 2 unspecified atom stereocenters. The Labute approximate surface area is 172 Å². The molecule has 5 heteroatoms. The second kappa shape index (κ2) is 10.2. The van der Waals surface area contributed by atoms with Gasteiger partial charge in [-0.15, -0.1) is 28.9 Å². The molecule has 0 heterocycles. The van der Waals surface area contributed by atoms with Gasteiger partial charge in [0.1, 0.15) is 24.2 Å². The summed E-state index contributed by atoms with van der Waals surface area (Å²) < 4.78 is 11.3. The summed E-state index contributed by atoms with van der Waals surface area (Å²) in [6, 6.07) is 8.20. The molecule has 0 amide bonds. The standard InChI is InChI=1S/C22H28Cl2O3/c1-16(12-23)14-26-20-8-4-17(5-9-20)22(2,3)18-6-10-21(11-7-18)27-15-19(25)13-24/h4-5,8-11,16,19,25H,6,12-15H2,1-3H3. The molecule has 27 heavy (non-hydrogen) atoms. The lowest BCUT2D eigenvalue weighted by Gasteiger charge is -2.28. The molecule has 0 fully saturated rings. The van der Waals surface area contributed by atoms with E-state index in [1.165, 1.54) is 11.1 Å². The van der Waals surface area contributed by atoms with Gasteiger partial charge in [0, 0.05) is 23.3 Å². The number of benzene rings is 1. The minimum Gasteiger partial charge on any atom is -0.493 e. The van der Waals surface area contributed by atoms with Gasteiger partial charge in [-0.25, -0.2) is 0 Å². The Kier molecular flexibility index (Phi) is 8.31. The number of aliphatic hydroxyl groups excluding tert-OH is 1. The Morgan fingerprint density at radius 3 is 2.37 bits per heavy atom. The first-order chi connectivity index (χ1) is 12.9. The molecule has 148 valence electrons. The normalized spacial score (nSPS) is 16.4. The van der Waals surface area contributed by atoms with Crippen LogP contribution in [0.4, 0.5) is 0 Å². The van der Waals surface area contributed by atoms with Crippen LogP contribution >= 0.6 is 23.2 Å². The van der Waals surface area contributed by atoms with Gasteiger partial charge in [0.25, 0.3) is 0 Å². The predicted octanol–water partition coefficient (Wildman–Crippen LogP) is 5.20. The van der Waals surface area contributed by atoms with E-state index in [0.29, 0.717) is 18.4 Å². The second-order valence-electron chi connectivity index (χ2n) is 7.42. The average molecular weight is 411 g/mol. The van der Waals surface area contributed by atoms with Gasteiger partial charge in [-0.05, 0) is 35.8 Å². The maximum Gasteiger partial charge on any atom is 0.123 e. The molecule has 1 aliphatic rings. The van der Waals surface area contributed by atoms with E-state index < -0.39 is 6.10 Å². The summed E-state index contributed by atoms with van der Waals surface area (Å²) in [5, 5.41) is 9.48. The van der Waals surface area contributed by atoms with Crippen LogP contribution in [-0.2, 0) is 10.2 Å². The van der Waals surface area contributed by atoms with Crippen LogP contribution in [-0.4, -0.2) is 36.2 Å². The van der Waals surface area contributed by atoms with E-state index in [2.05, 4.69) is 38.6 Å². The van der Waals surface area contributed by atoms with Gasteiger partial charge < -0.3 is 14.6 Å². The third-order valence-corrected chi connectivity index (χ3v) is 5.53. The lowest BCUT2D eigenvalue weighted by Crippen LogP contribution is -2.21. The first-order valence-electron chi connectivity index (χ1n) is 9.19. The molecule has 1 N–H and O–H groups in total. The van der Waals surface area contributed by atoms with Crippen molar-refractivity contribution in [1.29, 1.82) is 0 Å². The zero-order valence-corrected chi connectivity index (χ0v) is 17.7. The topological polar surface area (TPSA) is 38.7 Å². The third-order valence-electron chi connectivity index (χ3n) is 4.64. The smallest absolute Gasteiger partial charge is 0.123 e. The Bertz CT molecular complexity index is 701. The molecule has 0 saturated heterocycles. The second-order valence-corrected chi connectivity index (χ2v) is 8.03. The van der Waals surface area contributed by atoms with E-state index >= 15 is 0 Å². The summed E-state index contributed by atoms with van der Waals surface area (Å²) in [6.45, 7) is 7.24. The Hall–Kier alpha value is -1.38. The SMILES string of the molecule is CC(CCl)COc1ccc(C(C)(C)C2=C=CC(OCC(O)CCl)=CC2)cc1. The lowest BCUT2D eigenvalue weighted by molar-refractivity contribution is 0.0900. The highest BCUT2D eigenvalue weighted by molar-refractivity contribution is 6.18. The molecule has 0 saturated carbocycles. The number of alkyl halides is 2. The number of hydrogen-bond donors (Lipinski definition) is 1. The van der Waals surface area contributed by atoms with Crippen molar-refractivity contribution in [3.05, 3.63) is 59.0 Å². The van der Waals surface area contributed by atoms with Gasteiger partial charge in [0.15, 0.2) is 0 Å². The molecule has 2 rings (SSSR count). The maximum absolute atomic E-state index is 9.48. The van der Waals surface area contributed by atoms with Gasteiger partial charge in [0.2, 0.25) is 0 Å². The highest BCUT2D eigenvalue weighted by Crippen LogP contribution is 2.35. The Morgan fingerprint density at radius 2 is 1.81 bits per heavy atom. The van der Waals surface area contributed by atoms with Gasteiger partial charge in [-0.3, -0.25) is 0 Å². The first kappa shape index (κ1) is 21.9. The molecule has 3 nitrogen and oxygen atoms in total. The minimum absolute atomic E-state index is 0.157. The molecule has 1 aromatic rings. The largest absolute Gasteiger partial charge is 0.493 e. The van der Waals surface area contributed by atoms with Crippen molar-refractivity contribution in [3.8, 4) is 5.75 Å². The van der Waals surface area contributed by atoms with Crippen molar-refractivity contribution in [3.63, 3.8) is 0 Å². The summed E-state index contributed by atoms with van der Waals surface area (Å²) in [4.78, 5) is 0. The molecule has 0 radical (unpaired) electrons. The lowest BCUT2D eigenvalue weighted by atomic mass is 9.76. The van der Waals surface area contributed by atoms with Crippen LogP contribution in [0.5, 0.6) is 5.75 Å². The zero-order valence-electron chi connectivity index (χ0n) is 16.2. The molecule has 1 aliphatic carbocycles. The van der Waals surface area contributed by atoms with Gasteiger partial charge in [-0.2, -0.15) is 0 Å². The number of allylic oxidation sites excluding steroid dienone is 2.